The van der Waals surface area contributed by atoms with Crippen molar-refractivity contribution in [3.05, 3.63) is 47.5 Å². The largest absolute Gasteiger partial charge is 0.493 e. The maximum atomic E-state index is 12.7. The van der Waals surface area contributed by atoms with Crippen molar-refractivity contribution >= 4 is 5.91 Å². The van der Waals surface area contributed by atoms with Crippen LogP contribution in [0.3, 0.4) is 0 Å². The van der Waals surface area contributed by atoms with E-state index in [1.54, 1.807) is 32.4 Å². The van der Waals surface area contributed by atoms with Gasteiger partial charge in [0.15, 0.2) is 23.0 Å². The number of nitrogens with zero attached hydrogens (tertiary/aromatic N) is 1. The topological polar surface area (TPSA) is 69.3 Å². The van der Waals surface area contributed by atoms with Gasteiger partial charge < -0.3 is 24.3 Å². The molecule has 1 fully saturated rings. The first-order chi connectivity index (χ1) is 14.2. The minimum absolute atomic E-state index is 0.0651. The number of ether oxygens (including phenoxy) is 4. The van der Waals surface area contributed by atoms with Crippen molar-refractivity contribution in [3.63, 3.8) is 0 Å². The Bertz CT molecular complexity index is 880. The zero-order chi connectivity index (χ0) is 20.2. The normalized spacial score (nSPS) is 16.5. The van der Waals surface area contributed by atoms with Crippen molar-refractivity contribution in [1.82, 2.24) is 10.2 Å². The molecule has 1 N–H and O–H groups in total. The highest BCUT2D eigenvalue weighted by Gasteiger charge is 2.25. The SMILES string of the molecule is COc1ccc(C(CNC(=O)c2ccc3c(c2)OCO3)N2CCCC2)cc1OC. The van der Waals surface area contributed by atoms with Gasteiger partial charge in [0.1, 0.15) is 0 Å². The first-order valence-corrected chi connectivity index (χ1v) is 9.83. The van der Waals surface area contributed by atoms with E-state index in [4.69, 9.17) is 18.9 Å². The van der Waals surface area contributed by atoms with Gasteiger partial charge in [-0.3, -0.25) is 9.69 Å². The molecular formula is C22H26N2O5. The van der Waals surface area contributed by atoms with Gasteiger partial charge in [-0.05, 0) is 61.8 Å². The predicted octanol–water partition coefficient (Wildman–Crippen LogP) is 3.00. The number of carbonyl (C=O) groups excluding carboxylic acids is 1. The second-order valence-corrected chi connectivity index (χ2v) is 7.15. The summed E-state index contributed by atoms with van der Waals surface area (Å²) in [5, 5.41) is 3.08. The molecule has 7 nitrogen and oxygen atoms in total. The van der Waals surface area contributed by atoms with Crippen LogP contribution in [0.25, 0.3) is 0 Å². The molecule has 0 aliphatic carbocycles. The lowest BCUT2D eigenvalue weighted by Crippen LogP contribution is -2.36. The maximum Gasteiger partial charge on any atom is 0.251 e. The summed E-state index contributed by atoms with van der Waals surface area (Å²) in [6, 6.07) is 11.3. The Morgan fingerprint density at radius 2 is 1.79 bits per heavy atom. The third kappa shape index (κ3) is 4.10. The minimum Gasteiger partial charge on any atom is -0.493 e. The van der Waals surface area contributed by atoms with E-state index in [9.17, 15) is 4.79 Å². The number of hydrogen-bond acceptors (Lipinski definition) is 6. The van der Waals surface area contributed by atoms with E-state index in [0.717, 1.165) is 18.7 Å². The molecule has 4 rings (SSSR count). The molecule has 0 saturated carbocycles. The van der Waals surface area contributed by atoms with Crippen LogP contribution in [0.1, 0.15) is 34.8 Å². The van der Waals surface area contributed by atoms with Gasteiger partial charge >= 0.3 is 0 Å². The average Bonchev–Trinajstić information content (AvgIpc) is 3.45. The number of rotatable bonds is 7. The molecule has 0 radical (unpaired) electrons. The van der Waals surface area contributed by atoms with E-state index in [1.807, 2.05) is 18.2 Å². The van der Waals surface area contributed by atoms with E-state index in [-0.39, 0.29) is 18.7 Å². The Morgan fingerprint density at radius 1 is 1.03 bits per heavy atom. The monoisotopic (exact) mass is 398 g/mol. The summed E-state index contributed by atoms with van der Waals surface area (Å²) in [5.41, 5.74) is 1.65. The lowest BCUT2D eigenvalue weighted by atomic mass is 10.0. The summed E-state index contributed by atoms with van der Waals surface area (Å²) < 4.78 is 21.5. The third-order valence-corrected chi connectivity index (χ3v) is 5.46. The zero-order valence-electron chi connectivity index (χ0n) is 16.8. The van der Waals surface area contributed by atoms with E-state index in [0.29, 0.717) is 35.1 Å². The fourth-order valence-electron chi connectivity index (χ4n) is 3.90. The van der Waals surface area contributed by atoms with Crippen molar-refractivity contribution < 1.29 is 23.7 Å². The molecule has 1 amide bonds. The Morgan fingerprint density at radius 3 is 2.55 bits per heavy atom. The molecule has 0 spiro atoms. The van der Waals surface area contributed by atoms with E-state index in [2.05, 4.69) is 10.2 Å². The number of amides is 1. The summed E-state index contributed by atoms with van der Waals surface area (Å²) in [4.78, 5) is 15.2. The highest BCUT2D eigenvalue weighted by molar-refractivity contribution is 5.95. The fraction of sp³-hybridized carbons (Fsp3) is 0.409. The Balaban J connectivity index is 1.51. The zero-order valence-corrected chi connectivity index (χ0v) is 16.8. The van der Waals surface area contributed by atoms with Gasteiger partial charge in [0.25, 0.3) is 5.91 Å². The molecule has 7 heteroatoms. The molecular weight excluding hydrogens is 372 g/mol. The minimum atomic E-state index is -0.132. The highest BCUT2D eigenvalue weighted by Crippen LogP contribution is 2.34. The number of methoxy groups -OCH3 is 2. The van der Waals surface area contributed by atoms with Crippen LogP contribution in [-0.4, -0.2) is 51.5 Å². The molecule has 2 heterocycles. The first-order valence-electron chi connectivity index (χ1n) is 9.83. The fourth-order valence-corrected chi connectivity index (χ4v) is 3.90. The van der Waals surface area contributed by atoms with Crippen LogP contribution < -0.4 is 24.3 Å². The quantitative estimate of drug-likeness (QED) is 0.773. The van der Waals surface area contributed by atoms with E-state index in [1.165, 1.54) is 12.8 Å². The second-order valence-electron chi connectivity index (χ2n) is 7.15. The third-order valence-electron chi connectivity index (χ3n) is 5.46. The Labute approximate surface area is 170 Å². The summed E-state index contributed by atoms with van der Waals surface area (Å²) in [6.45, 7) is 2.72. The highest BCUT2D eigenvalue weighted by atomic mass is 16.7. The molecule has 2 aliphatic heterocycles. The number of carbonyl (C=O) groups is 1. The average molecular weight is 398 g/mol. The number of nitrogens with one attached hydrogen (secondary N) is 1. The molecule has 1 unspecified atom stereocenters. The molecule has 2 aliphatic rings. The lowest BCUT2D eigenvalue weighted by Gasteiger charge is -2.28. The van der Waals surface area contributed by atoms with Crippen LogP contribution in [-0.2, 0) is 0 Å². The summed E-state index contributed by atoms with van der Waals surface area (Å²) in [6.07, 6.45) is 2.33. The summed E-state index contributed by atoms with van der Waals surface area (Å²) in [7, 11) is 3.26. The molecule has 154 valence electrons. The number of hydrogen-bond donors (Lipinski definition) is 1. The van der Waals surface area contributed by atoms with Crippen LogP contribution in [0.5, 0.6) is 23.0 Å². The molecule has 1 atom stereocenters. The lowest BCUT2D eigenvalue weighted by molar-refractivity contribution is 0.0937. The van der Waals surface area contributed by atoms with Crippen molar-refractivity contribution in [1.29, 1.82) is 0 Å². The smallest absolute Gasteiger partial charge is 0.251 e. The van der Waals surface area contributed by atoms with Crippen molar-refractivity contribution in [3.8, 4) is 23.0 Å². The standard InChI is InChI=1S/C22H26N2O5/c1-26-18-7-5-15(11-20(18)27-2)17(24-9-3-4-10-24)13-23-22(25)16-6-8-19-21(12-16)29-14-28-19/h5-8,11-12,17H,3-4,9-10,13-14H2,1-2H3,(H,23,25). The van der Waals surface area contributed by atoms with Crippen LogP contribution >= 0.6 is 0 Å². The van der Waals surface area contributed by atoms with Gasteiger partial charge in [-0.25, -0.2) is 0 Å². The summed E-state index contributed by atoms with van der Waals surface area (Å²) >= 11 is 0. The molecule has 2 aromatic carbocycles. The van der Waals surface area contributed by atoms with Crippen molar-refractivity contribution in [2.24, 2.45) is 0 Å². The van der Waals surface area contributed by atoms with Gasteiger partial charge in [-0.15, -0.1) is 0 Å². The first kappa shape index (κ1) is 19.4. The molecule has 2 aromatic rings. The number of fused-ring (bicyclic) bond motifs is 1. The van der Waals surface area contributed by atoms with Crippen molar-refractivity contribution in [2.75, 3.05) is 40.6 Å². The maximum absolute atomic E-state index is 12.7. The Hall–Kier alpha value is -2.93. The number of likely N-dealkylation sites (tertiary alicyclic amines) is 1. The van der Waals surface area contributed by atoms with Gasteiger partial charge in [0.05, 0.1) is 20.3 Å². The van der Waals surface area contributed by atoms with Gasteiger partial charge in [0.2, 0.25) is 6.79 Å². The second kappa shape index (κ2) is 8.61. The van der Waals surface area contributed by atoms with E-state index >= 15 is 0 Å². The summed E-state index contributed by atoms with van der Waals surface area (Å²) in [5.74, 6) is 2.53. The number of benzene rings is 2. The molecule has 0 aromatic heterocycles. The predicted molar refractivity (Wildman–Crippen MR) is 108 cm³/mol. The molecule has 1 saturated heterocycles. The van der Waals surface area contributed by atoms with Crippen LogP contribution in [0, 0.1) is 0 Å². The van der Waals surface area contributed by atoms with E-state index < -0.39 is 0 Å². The molecule has 29 heavy (non-hydrogen) atoms. The van der Waals surface area contributed by atoms with Gasteiger partial charge in [0, 0.05) is 12.1 Å². The van der Waals surface area contributed by atoms with Crippen molar-refractivity contribution in [2.45, 2.75) is 18.9 Å². The van der Waals surface area contributed by atoms with Crippen LogP contribution in [0.2, 0.25) is 0 Å². The van der Waals surface area contributed by atoms with Crippen LogP contribution in [0.15, 0.2) is 36.4 Å². The Kier molecular flexibility index (Phi) is 5.76. The molecule has 0 bridgehead atoms. The van der Waals surface area contributed by atoms with Gasteiger partial charge in [-0.1, -0.05) is 6.07 Å². The van der Waals surface area contributed by atoms with Crippen LogP contribution in [0.4, 0.5) is 0 Å². The van der Waals surface area contributed by atoms with Gasteiger partial charge in [-0.2, -0.15) is 0 Å².